The summed E-state index contributed by atoms with van der Waals surface area (Å²) in [5, 5.41) is 9.97. The number of hydrogen-bond acceptors (Lipinski definition) is 7. The SMILES string of the molecule is CCC1CCCCN1C(=O)CSc1nnc(CSc2ncccn2)n1C. The van der Waals surface area contributed by atoms with Gasteiger partial charge in [0.25, 0.3) is 0 Å². The van der Waals surface area contributed by atoms with E-state index in [-0.39, 0.29) is 5.91 Å². The number of likely N-dealkylation sites (tertiary alicyclic amines) is 1. The highest BCUT2D eigenvalue weighted by Crippen LogP contribution is 2.24. The van der Waals surface area contributed by atoms with E-state index in [0.717, 1.165) is 41.9 Å². The lowest BCUT2D eigenvalue weighted by atomic mass is 10.0. The molecule has 0 spiro atoms. The second-order valence-corrected chi connectivity index (χ2v) is 8.10. The van der Waals surface area contributed by atoms with E-state index in [1.807, 2.05) is 11.6 Å². The van der Waals surface area contributed by atoms with Crippen LogP contribution >= 0.6 is 23.5 Å². The van der Waals surface area contributed by atoms with Crippen LogP contribution in [0.3, 0.4) is 0 Å². The molecule has 0 saturated carbocycles. The van der Waals surface area contributed by atoms with Crippen molar-refractivity contribution in [2.24, 2.45) is 7.05 Å². The van der Waals surface area contributed by atoms with Gasteiger partial charge in [-0.15, -0.1) is 10.2 Å². The van der Waals surface area contributed by atoms with Crippen molar-refractivity contribution in [1.29, 1.82) is 0 Å². The van der Waals surface area contributed by atoms with Crippen LogP contribution in [-0.2, 0) is 17.6 Å². The van der Waals surface area contributed by atoms with E-state index in [9.17, 15) is 4.79 Å². The molecule has 2 aromatic rings. The zero-order valence-electron chi connectivity index (χ0n) is 15.2. The largest absolute Gasteiger partial charge is 0.339 e. The normalized spacial score (nSPS) is 17.5. The zero-order valence-corrected chi connectivity index (χ0v) is 16.8. The molecule has 0 aliphatic carbocycles. The minimum atomic E-state index is 0.207. The van der Waals surface area contributed by atoms with Crippen LogP contribution in [0.1, 0.15) is 38.4 Å². The number of piperidine rings is 1. The van der Waals surface area contributed by atoms with Crippen LogP contribution in [0.5, 0.6) is 0 Å². The molecule has 0 aromatic carbocycles. The summed E-state index contributed by atoms with van der Waals surface area (Å²) in [5.74, 6) is 2.11. The van der Waals surface area contributed by atoms with Crippen LogP contribution in [0, 0.1) is 0 Å². The Labute approximate surface area is 162 Å². The summed E-state index contributed by atoms with van der Waals surface area (Å²) in [6, 6.07) is 2.19. The van der Waals surface area contributed by atoms with Crippen LogP contribution in [0.25, 0.3) is 0 Å². The molecule has 1 aliphatic heterocycles. The first-order valence-corrected chi connectivity index (χ1v) is 10.9. The lowest BCUT2D eigenvalue weighted by molar-refractivity contribution is -0.132. The number of carbonyl (C=O) groups is 1. The summed E-state index contributed by atoms with van der Waals surface area (Å²) >= 11 is 2.98. The fourth-order valence-corrected chi connectivity index (χ4v) is 4.64. The number of nitrogens with zero attached hydrogens (tertiary/aromatic N) is 6. The van der Waals surface area contributed by atoms with Crippen molar-refractivity contribution >= 4 is 29.4 Å². The molecule has 2 aromatic heterocycles. The molecule has 0 radical (unpaired) electrons. The number of amides is 1. The Bertz CT molecular complexity index is 723. The molecule has 0 bridgehead atoms. The van der Waals surface area contributed by atoms with Crippen molar-refractivity contribution in [2.45, 2.75) is 54.7 Å². The van der Waals surface area contributed by atoms with Gasteiger partial charge in [-0.3, -0.25) is 4.79 Å². The van der Waals surface area contributed by atoms with Gasteiger partial charge in [0.1, 0.15) is 5.82 Å². The minimum Gasteiger partial charge on any atom is -0.339 e. The minimum absolute atomic E-state index is 0.207. The van der Waals surface area contributed by atoms with Gasteiger partial charge >= 0.3 is 0 Å². The molecule has 1 fully saturated rings. The van der Waals surface area contributed by atoms with Gasteiger partial charge in [-0.25, -0.2) is 9.97 Å². The summed E-state index contributed by atoms with van der Waals surface area (Å²) in [6.07, 6.45) is 7.94. The molecule has 1 amide bonds. The maximum Gasteiger partial charge on any atom is 0.233 e. The van der Waals surface area contributed by atoms with E-state index in [4.69, 9.17) is 0 Å². The van der Waals surface area contributed by atoms with E-state index < -0.39 is 0 Å². The number of carbonyl (C=O) groups excluding carboxylic acids is 1. The Morgan fingerprint density at radius 1 is 1.23 bits per heavy atom. The second kappa shape index (κ2) is 9.36. The fraction of sp³-hybridized carbons (Fsp3) is 0.588. The lowest BCUT2D eigenvalue weighted by Crippen LogP contribution is -2.44. The third-order valence-corrected chi connectivity index (χ3v) is 6.42. The fourth-order valence-electron chi connectivity index (χ4n) is 3.05. The Balaban J connectivity index is 1.54. The van der Waals surface area contributed by atoms with Crippen molar-refractivity contribution in [3.05, 3.63) is 24.3 Å². The van der Waals surface area contributed by atoms with Gasteiger partial charge in [0.2, 0.25) is 5.91 Å². The topological polar surface area (TPSA) is 76.8 Å². The van der Waals surface area contributed by atoms with Gasteiger partial charge < -0.3 is 9.47 Å². The average molecular weight is 393 g/mol. The molecule has 1 atom stereocenters. The van der Waals surface area contributed by atoms with Crippen LogP contribution in [0.15, 0.2) is 28.8 Å². The number of aromatic nitrogens is 5. The molecule has 3 rings (SSSR count). The van der Waals surface area contributed by atoms with E-state index in [0.29, 0.717) is 17.5 Å². The molecule has 9 heteroatoms. The molecular formula is C17H24N6OS2. The summed E-state index contributed by atoms with van der Waals surface area (Å²) in [5.41, 5.74) is 0. The molecule has 0 N–H and O–H groups in total. The van der Waals surface area contributed by atoms with Gasteiger partial charge in [0, 0.05) is 32.0 Å². The molecule has 1 saturated heterocycles. The molecular weight excluding hydrogens is 368 g/mol. The number of rotatable bonds is 7. The first kappa shape index (κ1) is 19.2. The van der Waals surface area contributed by atoms with Crippen LogP contribution in [0.2, 0.25) is 0 Å². The van der Waals surface area contributed by atoms with Crippen LogP contribution < -0.4 is 0 Å². The van der Waals surface area contributed by atoms with E-state index in [1.165, 1.54) is 29.9 Å². The Morgan fingerprint density at radius 2 is 2.04 bits per heavy atom. The van der Waals surface area contributed by atoms with Crippen molar-refractivity contribution in [1.82, 2.24) is 29.6 Å². The monoisotopic (exact) mass is 392 g/mol. The third kappa shape index (κ3) is 4.76. The van der Waals surface area contributed by atoms with Gasteiger partial charge in [-0.1, -0.05) is 30.4 Å². The zero-order chi connectivity index (χ0) is 18.4. The molecule has 1 unspecified atom stereocenters. The van der Waals surface area contributed by atoms with Crippen molar-refractivity contribution < 1.29 is 4.79 Å². The Kier molecular flexibility index (Phi) is 6.90. The molecule has 1 aliphatic rings. The summed E-state index contributed by atoms with van der Waals surface area (Å²) in [4.78, 5) is 23.0. The van der Waals surface area contributed by atoms with Crippen molar-refractivity contribution in [2.75, 3.05) is 12.3 Å². The highest BCUT2D eigenvalue weighted by molar-refractivity contribution is 7.99. The molecule has 26 heavy (non-hydrogen) atoms. The van der Waals surface area contributed by atoms with E-state index in [1.54, 1.807) is 18.5 Å². The standard InChI is InChI=1S/C17H24N6OS2/c1-3-13-7-4-5-10-23(13)15(24)12-26-17-21-20-14(22(17)2)11-25-16-18-8-6-9-19-16/h6,8-9,13H,3-5,7,10-12H2,1-2H3. The van der Waals surface area contributed by atoms with Crippen LogP contribution in [0.4, 0.5) is 0 Å². The predicted octanol–water partition coefficient (Wildman–Crippen LogP) is 2.78. The third-order valence-electron chi connectivity index (χ3n) is 4.54. The molecule has 7 nitrogen and oxygen atoms in total. The predicted molar refractivity (Wildman–Crippen MR) is 103 cm³/mol. The highest BCUT2D eigenvalue weighted by Gasteiger charge is 2.25. The Hall–Kier alpha value is -1.61. The van der Waals surface area contributed by atoms with E-state index in [2.05, 4.69) is 32.0 Å². The Morgan fingerprint density at radius 3 is 2.81 bits per heavy atom. The van der Waals surface area contributed by atoms with Crippen LogP contribution in [-0.4, -0.2) is 53.9 Å². The number of hydrogen-bond donors (Lipinski definition) is 0. The van der Waals surface area contributed by atoms with Crippen molar-refractivity contribution in [3.8, 4) is 0 Å². The smallest absolute Gasteiger partial charge is 0.233 e. The maximum atomic E-state index is 12.6. The highest BCUT2D eigenvalue weighted by atomic mass is 32.2. The van der Waals surface area contributed by atoms with Gasteiger partial charge in [0.15, 0.2) is 10.3 Å². The molecule has 140 valence electrons. The van der Waals surface area contributed by atoms with E-state index >= 15 is 0 Å². The summed E-state index contributed by atoms with van der Waals surface area (Å²) in [6.45, 7) is 3.04. The maximum absolute atomic E-state index is 12.6. The average Bonchev–Trinajstić information content (AvgIpc) is 3.05. The first-order valence-electron chi connectivity index (χ1n) is 8.89. The number of thioether (sulfide) groups is 2. The van der Waals surface area contributed by atoms with Gasteiger partial charge in [-0.2, -0.15) is 0 Å². The van der Waals surface area contributed by atoms with Gasteiger partial charge in [-0.05, 0) is 31.7 Å². The summed E-state index contributed by atoms with van der Waals surface area (Å²) < 4.78 is 1.95. The van der Waals surface area contributed by atoms with Crippen molar-refractivity contribution in [3.63, 3.8) is 0 Å². The lowest BCUT2D eigenvalue weighted by Gasteiger charge is -2.35. The quantitative estimate of drug-likeness (QED) is 0.530. The summed E-state index contributed by atoms with van der Waals surface area (Å²) in [7, 11) is 1.93. The second-order valence-electron chi connectivity index (χ2n) is 6.21. The van der Waals surface area contributed by atoms with Gasteiger partial charge in [0.05, 0.1) is 11.5 Å². The molecule has 3 heterocycles. The first-order chi connectivity index (χ1) is 12.7.